The number of aryl methyl sites for hydroxylation is 1. The van der Waals surface area contributed by atoms with Crippen LogP contribution in [0.25, 0.3) is 0 Å². The van der Waals surface area contributed by atoms with E-state index in [1.165, 1.54) is 0 Å². The number of nitrogens with one attached hydrogen (secondary N) is 1. The lowest BCUT2D eigenvalue weighted by Gasteiger charge is -2.40. The molecule has 1 aromatic rings. The Hall–Kier alpha value is -1.33. The quantitative estimate of drug-likeness (QED) is 0.688. The Balaban J connectivity index is 2.23. The Morgan fingerprint density at radius 2 is 2.00 bits per heavy atom. The van der Waals surface area contributed by atoms with Crippen molar-refractivity contribution in [2.45, 2.75) is 32.2 Å². The van der Waals surface area contributed by atoms with Crippen LogP contribution < -0.4 is 10.2 Å². The molecule has 1 fully saturated rings. The van der Waals surface area contributed by atoms with Gasteiger partial charge in [0.1, 0.15) is 5.02 Å². The molecule has 1 heterocycles. The smallest absolute Gasteiger partial charge is 0.288 e. The van der Waals surface area contributed by atoms with Crippen molar-refractivity contribution < 1.29 is 4.92 Å². The second kappa shape index (κ2) is 5.58. The van der Waals surface area contributed by atoms with Gasteiger partial charge in [0.05, 0.1) is 4.92 Å². The zero-order chi connectivity index (χ0) is 14.9. The highest BCUT2D eigenvalue weighted by atomic mass is 35.5. The van der Waals surface area contributed by atoms with E-state index in [0.29, 0.717) is 0 Å². The molecule has 0 amide bonds. The first-order chi connectivity index (χ1) is 9.36. The Morgan fingerprint density at radius 3 is 2.50 bits per heavy atom. The van der Waals surface area contributed by atoms with Crippen molar-refractivity contribution in [2.75, 3.05) is 25.0 Å². The van der Waals surface area contributed by atoms with Gasteiger partial charge in [0.25, 0.3) is 5.69 Å². The molecule has 0 bridgehead atoms. The maximum absolute atomic E-state index is 10.9. The molecule has 0 atom stereocenters. The number of nitrogens with zero attached hydrogens (tertiary/aromatic N) is 2. The highest BCUT2D eigenvalue weighted by Crippen LogP contribution is 2.34. The number of piperidine rings is 1. The summed E-state index contributed by atoms with van der Waals surface area (Å²) >= 11 is 6.02. The Kier molecular flexibility index (Phi) is 4.20. The van der Waals surface area contributed by atoms with E-state index < -0.39 is 4.92 Å². The monoisotopic (exact) mass is 297 g/mol. The lowest BCUT2D eigenvalue weighted by molar-refractivity contribution is -0.384. The van der Waals surface area contributed by atoms with Crippen molar-refractivity contribution in [3.8, 4) is 0 Å². The highest BCUT2D eigenvalue weighted by molar-refractivity contribution is 6.33. The molecule has 2 rings (SSSR count). The average molecular weight is 298 g/mol. The summed E-state index contributed by atoms with van der Waals surface area (Å²) in [5, 5.41) is 14.5. The predicted molar refractivity (Wildman–Crippen MR) is 81.8 cm³/mol. The summed E-state index contributed by atoms with van der Waals surface area (Å²) in [4.78, 5) is 12.7. The molecule has 0 saturated carbocycles. The minimum atomic E-state index is -0.437. The van der Waals surface area contributed by atoms with E-state index in [4.69, 9.17) is 11.6 Å². The molecule has 0 spiro atoms. The van der Waals surface area contributed by atoms with E-state index in [-0.39, 0.29) is 16.2 Å². The van der Waals surface area contributed by atoms with Crippen molar-refractivity contribution in [3.05, 3.63) is 32.8 Å². The van der Waals surface area contributed by atoms with Crippen molar-refractivity contribution >= 4 is 23.0 Å². The minimum absolute atomic E-state index is 0.0232. The van der Waals surface area contributed by atoms with Crippen LogP contribution in [0.2, 0.25) is 5.02 Å². The summed E-state index contributed by atoms with van der Waals surface area (Å²) in [6.07, 6.45) is 2.08. The highest BCUT2D eigenvalue weighted by Gasteiger charge is 2.29. The SMILES string of the molecule is CNC1(C)CCN(c2cc(Cl)c([N+](=O)[O-])cc2C)CC1. The normalized spacial score (nSPS) is 18.1. The maximum Gasteiger partial charge on any atom is 0.288 e. The van der Waals surface area contributed by atoms with E-state index in [0.717, 1.165) is 37.2 Å². The molecule has 20 heavy (non-hydrogen) atoms. The molecule has 0 unspecified atom stereocenters. The molecule has 1 saturated heterocycles. The van der Waals surface area contributed by atoms with E-state index in [9.17, 15) is 10.1 Å². The molecule has 1 aliphatic heterocycles. The van der Waals surface area contributed by atoms with Gasteiger partial charge in [-0.2, -0.15) is 0 Å². The van der Waals surface area contributed by atoms with Crippen LogP contribution in [0.1, 0.15) is 25.3 Å². The Bertz CT molecular complexity index is 525. The molecule has 1 aromatic carbocycles. The standard InChI is InChI=1S/C14H20ClN3O2/c1-10-8-13(18(19)20)11(15)9-12(10)17-6-4-14(2,16-3)5-7-17/h8-9,16H,4-7H2,1-3H3. The largest absolute Gasteiger partial charge is 0.371 e. The molecule has 0 radical (unpaired) electrons. The fourth-order valence-electron chi connectivity index (χ4n) is 2.63. The van der Waals surface area contributed by atoms with Crippen molar-refractivity contribution in [2.24, 2.45) is 0 Å². The summed E-state index contributed by atoms with van der Waals surface area (Å²) in [7, 11) is 1.99. The number of nitro benzene ring substituents is 1. The van der Waals surface area contributed by atoms with Crippen LogP contribution in [-0.2, 0) is 0 Å². The van der Waals surface area contributed by atoms with Crippen LogP contribution in [-0.4, -0.2) is 30.6 Å². The molecule has 6 heteroatoms. The fraction of sp³-hybridized carbons (Fsp3) is 0.571. The first-order valence-corrected chi connectivity index (χ1v) is 7.12. The van der Waals surface area contributed by atoms with Gasteiger partial charge >= 0.3 is 0 Å². The second-order valence-corrected chi connectivity index (χ2v) is 6.05. The third kappa shape index (κ3) is 2.88. The number of halogens is 1. The minimum Gasteiger partial charge on any atom is -0.371 e. The van der Waals surface area contributed by atoms with E-state index in [1.807, 2.05) is 14.0 Å². The van der Waals surface area contributed by atoms with Gasteiger partial charge in [0.2, 0.25) is 0 Å². The molecule has 1 N–H and O–H groups in total. The van der Waals surface area contributed by atoms with Gasteiger partial charge in [0, 0.05) is 30.4 Å². The third-order valence-corrected chi connectivity index (χ3v) is 4.58. The lowest BCUT2D eigenvalue weighted by atomic mass is 9.89. The average Bonchev–Trinajstić information content (AvgIpc) is 2.42. The van der Waals surface area contributed by atoms with E-state index >= 15 is 0 Å². The van der Waals surface area contributed by atoms with Gasteiger partial charge in [-0.05, 0) is 45.4 Å². The van der Waals surface area contributed by atoms with Crippen molar-refractivity contribution in [1.82, 2.24) is 5.32 Å². The van der Waals surface area contributed by atoms with Gasteiger partial charge in [-0.15, -0.1) is 0 Å². The number of rotatable bonds is 3. The first kappa shape index (κ1) is 15.1. The summed E-state index contributed by atoms with van der Waals surface area (Å²) in [6.45, 7) is 5.96. The number of hydrogen-bond acceptors (Lipinski definition) is 4. The van der Waals surface area contributed by atoms with Crippen LogP contribution >= 0.6 is 11.6 Å². The summed E-state index contributed by atoms with van der Waals surface area (Å²) in [6, 6.07) is 3.28. The van der Waals surface area contributed by atoms with Crippen LogP contribution in [0.4, 0.5) is 11.4 Å². The van der Waals surface area contributed by atoms with Crippen LogP contribution in [0.5, 0.6) is 0 Å². The molecule has 1 aliphatic rings. The van der Waals surface area contributed by atoms with E-state index in [1.54, 1.807) is 12.1 Å². The lowest BCUT2D eigenvalue weighted by Crippen LogP contribution is -2.50. The van der Waals surface area contributed by atoms with Gasteiger partial charge in [-0.25, -0.2) is 0 Å². The van der Waals surface area contributed by atoms with Crippen LogP contribution in [0.15, 0.2) is 12.1 Å². The summed E-state index contributed by atoms with van der Waals surface area (Å²) < 4.78 is 0. The molecular weight excluding hydrogens is 278 g/mol. The fourth-order valence-corrected chi connectivity index (χ4v) is 2.85. The first-order valence-electron chi connectivity index (χ1n) is 6.75. The summed E-state index contributed by atoms with van der Waals surface area (Å²) in [5.41, 5.74) is 2.05. The number of benzene rings is 1. The number of nitro groups is 1. The van der Waals surface area contributed by atoms with Gasteiger partial charge in [-0.3, -0.25) is 10.1 Å². The van der Waals surface area contributed by atoms with Crippen LogP contribution in [0, 0.1) is 17.0 Å². The number of anilines is 1. The molecule has 5 nitrogen and oxygen atoms in total. The van der Waals surface area contributed by atoms with Gasteiger partial charge in [0.15, 0.2) is 0 Å². The van der Waals surface area contributed by atoms with Crippen molar-refractivity contribution in [1.29, 1.82) is 0 Å². The zero-order valence-electron chi connectivity index (χ0n) is 12.1. The van der Waals surface area contributed by atoms with Crippen molar-refractivity contribution in [3.63, 3.8) is 0 Å². The van der Waals surface area contributed by atoms with Gasteiger partial charge in [-0.1, -0.05) is 11.6 Å². The second-order valence-electron chi connectivity index (χ2n) is 5.64. The topological polar surface area (TPSA) is 58.4 Å². The molecule has 110 valence electrons. The maximum atomic E-state index is 10.9. The summed E-state index contributed by atoms with van der Waals surface area (Å²) in [5.74, 6) is 0. The Morgan fingerprint density at radius 1 is 1.40 bits per heavy atom. The molecule has 0 aromatic heterocycles. The third-order valence-electron chi connectivity index (χ3n) is 4.27. The van der Waals surface area contributed by atoms with Crippen LogP contribution in [0.3, 0.4) is 0 Å². The Labute approximate surface area is 124 Å². The number of hydrogen-bond donors (Lipinski definition) is 1. The van der Waals surface area contributed by atoms with Gasteiger partial charge < -0.3 is 10.2 Å². The molecular formula is C14H20ClN3O2. The zero-order valence-corrected chi connectivity index (χ0v) is 12.8. The van der Waals surface area contributed by atoms with E-state index in [2.05, 4.69) is 17.1 Å². The molecule has 0 aliphatic carbocycles. The predicted octanol–water partition coefficient (Wildman–Crippen LogP) is 3.13.